The van der Waals surface area contributed by atoms with E-state index in [-0.39, 0.29) is 17.7 Å². The molecular formula is C22H34N6O4. The van der Waals surface area contributed by atoms with Crippen LogP contribution >= 0.6 is 0 Å². The molecular weight excluding hydrogens is 412 g/mol. The first kappa shape index (κ1) is 25.2. The number of ether oxygens (including phenoxy) is 3. The van der Waals surface area contributed by atoms with Gasteiger partial charge in [0.15, 0.2) is 11.6 Å². The molecule has 1 heterocycles. The fraction of sp³-hybridized carbons (Fsp3) is 0.500. The number of hydrogen-bond donors (Lipinski definition) is 4. The van der Waals surface area contributed by atoms with Crippen molar-refractivity contribution in [1.29, 1.82) is 0 Å². The molecule has 10 nitrogen and oxygen atoms in total. The van der Waals surface area contributed by atoms with Gasteiger partial charge in [0, 0.05) is 25.9 Å². The van der Waals surface area contributed by atoms with Gasteiger partial charge in [-0.05, 0) is 24.5 Å². The molecule has 176 valence electrons. The second kappa shape index (κ2) is 14.0. The van der Waals surface area contributed by atoms with E-state index >= 15 is 0 Å². The van der Waals surface area contributed by atoms with Crippen LogP contribution in [-0.4, -0.2) is 55.4 Å². The highest BCUT2D eigenvalue weighted by Gasteiger charge is 2.12. The second-order valence-corrected chi connectivity index (χ2v) is 7.01. The molecule has 7 N–H and O–H groups in total. The standard InChI is InChI=1S/C22H34N6O4/c1-2-17-20(21(24)28-22(25)27-17)32-13-5-12-31-18-7-4-3-6-16(18)8-9-19(29)26-11-15-30-14-10-23/h3-4,6-7H,2,5,8-15,23H2,1H3,(H,26,29)(H4,24,25,27,28). The highest BCUT2D eigenvalue weighted by Crippen LogP contribution is 2.25. The molecule has 0 radical (unpaired) electrons. The average Bonchev–Trinajstić information content (AvgIpc) is 2.78. The van der Waals surface area contributed by atoms with Gasteiger partial charge in [0.05, 0.1) is 32.1 Å². The molecule has 0 fully saturated rings. The van der Waals surface area contributed by atoms with E-state index in [1.165, 1.54) is 0 Å². The summed E-state index contributed by atoms with van der Waals surface area (Å²) in [6, 6.07) is 7.70. The fourth-order valence-corrected chi connectivity index (χ4v) is 2.98. The van der Waals surface area contributed by atoms with Crippen LogP contribution in [0.25, 0.3) is 0 Å². The van der Waals surface area contributed by atoms with Gasteiger partial charge in [-0.1, -0.05) is 25.1 Å². The number of carbonyl (C=O) groups is 1. The summed E-state index contributed by atoms with van der Waals surface area (Å²) in [5, 5.41) is 2.83. The molecule has 2 aromatic rings. The lowest BCUT2D eigenvalue weighted by molar-refractivity contribution is -0.121. The Morgan fingerprint density at radius 1 is 1.06 bits per heavy atom. The number of aromatic nitrogens is 2. The van der Waals surface area contributed by atoms with Crippen molar-refractivity contribution in [3.8, 4) is 11.5 Å². The summed E-state index contributed by atoms with van der Waals surface area (Å²) in [5.74, 6) is 1.59. The third-order valence-corrected chi connectivity index (χ3v) is 4.53. The van der Waals surface area contributed by atoms with E-state index in [0.29, 0.717) is 76.6 Å². The molecule has 0 saturated carbocycles. The van der Waals surface area contributed by atoms with Crippen LogP contribution in [0.1, 0.15) is 31.0 Å². The number of carbonyl (C=O) groups excluding carboxylic acids is 1. The van der Waals surface area contributed by atoms with Crippen LogP contribution in [0.15, 0.2) is 24.3 Å². The molecule has 0 saturated heterocycles. The first-order chi connectivity index (χ1) is 15.5. The zero-order chi connectivity index (χ0) is 23.2. The Balaban J connectivity index is 1.74. The number of amides is 1. The highest BCUT2D eigenvalue weighted by molar-refractivity contribution is 5.76. The highest BCUT2D eigenvalue weighted by atomic mass is 16.5. The van der Waals surface area contributed by atoms with Crippen molar-refractivity contribution >= 4 is 17.7 Å². The zero-order valence-corrected chi connectivity index (χ0v) is 18.6. The van der Waals surface area contributed by atoms with Gasteiger partial charge >= 0.3 is 0 Å². The molecule has 0 atom stereocenters. The number of rotatable bonds is 15. The quantitative estimate of drug-likeness (QED) is 0.293. The SMILES string of the molecule is CCc1nc(N)nc(N)c1OCCCOc1ccccc1CCC(=O)NCCOCCN. The number of benzene rings is 1. The van der Waals surface area contributed by atoms with Gasteiger partial charge in [-0.25, -0.2) is 4.98 Å². The predicted molar refractivity (Wildman–Crippen MR) is 123 cm³/mol. The largest absolute Gasteiger partial charge is 0.493 e. The van der Waals surface area contributed by atoms with Gasteiger partial charge in [-0.3, -0.25) is 4.79 Å². The van der Waals surface area contributed by atoms with Gasteiger partial charge in [0.2, 0.25) is 11.9 Å². The van der Waals surface area contributed by atoms with Crippen molar-refractivity contribution in [3.05, 3.63) is 35.5 Å². The summed E-state index contributed by atoms with van der Waals surface area (Å²) >= 11 is 0. The maximum absolute atomic E-state index is 12.0. The Morgan fingerprint density at radius 3 is 2.62 bits per heavy atom. The van der Waals surface area contributed by atoms with Gasteiger partial charge in [-0.15, -0.1) is 0 Å². The number of nitrogen functional groups attached to an aromatic ring is 2. The van der Waals surface area contributed by atoms with E-state index in [1.807, 2.05) is 31.2 Å². The van der Waals surface area contributed by atoms with Crippen molar-refractivity contribution in [3.63, 3.8) is 0 Å². The maximum atomic E-state index is 12.0. The lowest BCUT2D eigenvalue weighted by Gasteiger charge is -2.14. The summed E-state index contributed by atoms with van der Waals surface area (Å²) < 4.78 is 16.9. The minimum Gasteiger partial charge on any atom is -0.493 e. The third-order valence-electron chi connectivity index (χ3n) is 4.53. The number of hydrogen-bond acceptors (Lipinski definition) is 9. The van der Waals surface area contributed by atoms with Crippen LogP contribution in [0.3, 0.4) is 0 Å². The number of nitrogens with zero attached hydrogens (tertiary/aromatic N) is 2. The van der Waals surface area contributed by atoms with Gasteiger partial charge in [-0.2, -0.15) is 4.98 Å². The Labute approximate surface area is 188 Å². The van der Waals surface area contributed by atoms with Crippen molar-refractivity contribution in [2.45, 2.75) is 32.6 Å². The molecule has 0 aliphatic rings. The number of anilines is 2. The summed E-state index contributed by atoms with van der Waals surface area (Å²) in [6.45, 7) is 4.70. The van der Waals surface area contributed by atoms with Crippen LogP contribution in [0.5, 0.6) is 11.5 Å². The van der Waals surface area contributed by atoms with Gasteiger partial charge < -0.3 is 36.7 Å². The molecule has 1 aromatic carbocycles. The molecule has 1 amide bonds. The zero-order valence-electron chi connectivity index (χ0n) is 18.6. The summed E-state index contributed by atoms with van der Waals surface area (Å²) in [5.41, 5.74) is 18.5. The first-order valence-corrected chi connectivity index (χ1v) is 10.8. The van der Waals surface area contributed by atoms with E-state index in [1.54, 1.807) is 0 Å². The van der Waals surface area contributed by atoms with Gasteiger partial charge in [0.1, 0.15) is 5.75 Å². The van der Waals surface area contributed by atoms with E-state index < -0.39 is 0 Å². The van der Waals surface area contributed by atoms with Crippen molar-refractivity contribution < 1.29 is 19.0 Å². The van der Waals surface area contributed by atoms with E-state index in [9.17, 15) is 4.79 Å². The normalized spacial score (nSPS) is 10.7. The molecule has 32 heavy (non-hydrogen) atoms. The predicted octanol–water partition coefficient (Wildman–Crippen LogP) is 1.08. The van der Waals surface area contributed by atoms with Crippen LogP contribution in [-0.2, 0) is 22.4 Å². The van der Waals surface area contributed by atoms with Gasteiger partial charge in [0.25, 0.3) is 0 Å². The van der Waals surface area contributed by atoms with Crippen molar-refractivity contribution in [2.75, 3.05) is 51.0 Å². The Kier molecular flexibility index (Phi) is 11.0. The van der Waals surface area contributed by atoms with Crippen molar-refractivity contribution in [2.24, 2.45) is 5.73 Å². The molecule has 2 rings (SSSR count). The maximum Gasteiger partial charge on any atom is 0.222 e. The molecule has 0 unspecified atom stereocenters. The number of aryl methyl sites for hydroxylation is 2. The number of para-hydroxylation sites is 1. The minimum absolute atomic E-state index is 0.0282. The van der Waals surface area contributed by atoms with E-state index in [2.05, 4.69) is 15.3 Å². The Morgan fingerprint density at radius 2 is 1.84 bits per heavy atom. The van der Waals surface area contributed by atoms with Crippen LogP contribution < -0.4 is 32.0 Å². The molecule has 0 bridgehead atoms. The molecule has 0 spiro atoms. The number of nitrogens with one attached hydrogen (secondary N) is 1. The summed E-state index contributed by atoms with van der Waals surface area (Å²) in [7, 11) is 0. The molecule has 10 heteroatoms. The number of nitrogens with two attached hydrogens (primary N) is 3. The van der Waals surface area contributed by atoms with E-state index in [0.717, 1.165) is 11.3 Å². The van der Waals surface area contributed by atoms with E-state index in [4.69, 9.17) is 31.4 Å². The summed E-state index contributed by atoms with van der Waals surface area (Å²) in [4.78, 5) is 20.1. The lowest BCUT2D eigenvalue weighted by atomic mass is 10.1. The van der Waals surface area contributed by atoms with Crippen LogP contribution in [0.4, 0.5) is 11.8 Å². The monoisotopic (exact) mass is 446 g/mol. The van der Waals surface area contributed by atoms with Crippen LogP contribution in [0, 0.1) is 0 Å². The topological polar surface area (TPSA) is 161 Å². The lowest BCUT2D eigenvalue weighted by Crippen LogP contribution is -2.28. The fourth-order valence-electron chi connectivity index (χ4n) is 2.98. The smallest absolute Gasteiger partial charge is 0.222 e. The molecule has 0 aliphatic carbocycles. The van der Waals surface area contributed by atoms with Crippen molar-refractivity contribution in [1.82, 2.24) is 15.3 Å². The average molecular weight is 447 g/mol. The van der Waals surface area contributed by atoms with Crippen LogP contribution in [0.2, 0.25) is 0 Å². The third kappa shape index (κ3) is 8.56. The Bertz CT molecular complexity index is 849. The first-order valence-electron chi connectivity index (χ1n) is 10.8. The summed E-state index contributed by atoms with van der Waals surface area (Å²) in [6.07, 6.45) is 2.24. The second-order valence-electron chi connectivity index (χ2n) is 7.01. The molecule has 1 aromatic heterocycles. The minimum atomic E-state index is -0.0282. The molecule has 0 aliphatic heterocycles. The Hall–Kier alpha value is -3.11.